The van der Waals surface area contributed by atoms with Gasteiger partial charge in [-0.15, -0.1) is 11.3 Å². The van der Waals surface area contributed by atoms with Crippen molar-refractivity contribution in [2.75, 3.05) is 7.11 Å². The lowest BCUT2D eigenvalue weighted by atomic mass is 10.0. The molecule has 3 heteroatoms. The summed E-state index contributed by atoms with van der Waals surface area (Å²) in [6.45, 7) is 2.22. The Labute approximate surface area is 124 Å². The van der Waals surface area contributed by atoms with Gasteiger partial charge in [-0.25, -0.2) is 0 Å². The Morgan fingerprint density at radius 1 is 1.20 bits per heavy atom. The fraction of sp³-hybridized carbons (Fsp3) is 0.412. The molecule has 106 valence electrons. The second kappa shape index (κ2) is 5.98. The summed E-state index contributed by atoms with van der Waals surface area (Å²) in [5.74, 6) is 1.76. The standard InChI is InChI=1S/C17H21NOS/c1-12(14-6-3-4-7-15(14)19-2)18-17(13-9-10-13)16-8-5-11-20-16/h3-8,11-13,17-18H,9-10H2,1-2H3/t12-,17?/m0/s1. The molecule has 1 fully saturated rings. The summed E-state index contributed by atoms with van der Waals surface area (Å²) in [6, 6.07) is 13.4. The van der Waals surface area contributed by atoms with E-state index in [1.165, 1.54) is 23.3 Å². The third-order valence-electron chi connectivity index (χ3n) is 3.98. The first-order valence-electron chi connectivity index (χ1n) is 7.22. The van der Waals surface area contributed by atoms with Crippen LogP contribution in [-0.4, -0.2) is 7.11 Å². The number of benzene rings is 1. The zero-order chi connectivity index (χ0) is 13.9. The highest BCUT2D eigenvalue weighted by Gasteiger charge is 2.34. The van der Waals surface area contributed by atoms with Gasteiger partial charge in [-0.1, -0.05) is 24.3 Å². The molecule has 0 saturated heterocycles. The van der Waals surface area contributed by atoms with Gasteiger partial charge in [0, 0.05) is 22.5 Å². The molecule has 0 radical (unpaired) electrons. The van der Waals surface area contributed by atoms with E-state index in [1.807, 2.05) is 23.5 Å². The minimum absolute atomic E-state index is 0.291. The van der Waals surface area contributed by atoms with E-state index >= 15 is 0 Å². The molecule has 1 saturated carbocycles. The van der Waals surface area contributed by atoms with E-state index in [0.29, 0.717) is 12.1 Å². The van der Waals surface area contributed by atoms with Crippen LogP contribution in [0.3, 0.4) is 0 Å². The van der Waals surface area contributed by atoms with E-state index in [9.17, 15) is 0 Å². The Hall–Kier alpha value is -1.32. The Morgan fingerprint density at radius 2 is 2.00 bits per heavy atom. The van der Waals surface area contributed by atoms with Crippen LogP contribution in [0.15, 0.2) is 41.8 Å². The average Bonchev–Trinajstić information content (AvgIpc) is 3.18. The Bertz CT molecular complexity index is 548. The molecular weight excluding hydrogens is 266 g/mol. The van der Waals surface area contributed by atoms with Crippen molar-refractivity contribution in [1.82, 2.24) is 5.32 Å². The van der Waals surface area contributed by atoms with Gasteiger partial charge in [-0.2, -0.15) is 0 Å². The number of rotatable bonds is 6. The SMILES string of the molecule is COc1ccccc1[C@H](C)NC(c1cccs1)C1CC1. The highest BCUT2D eigenvalue weighted by molar-refractivity contribution is 7.10. The molecule has 1 aliphatic rings. The van der Waals surface area contributed by atoms with E-state index in [4.69, 9.17) is 4.74 Å². The Balaban J connectivity index is 1.78. The fourth-order valence-corrected chi connectivity index (χ4v) is 3.61. The summed E-state index contributed by atoms with van der Waals surface area (Å²) in [7, 11) is 1.74. The quantitative estimate of drug-likeness (QED) is 0.841. The van der Waals surface area contributed by atoms with Gasteiger partial charge in [0.1, 0.15) is 5.75 Å². The van der Waals surface area contributed by atoms with Gasteiger partial charge in [0.25, 0.3) is 0 Å². The van der Waals surface area contributed by atoms with Crippen molar-refractivity contribution in [1.29, 1.82) is 0 Å². The van der Waals surface area contributed by atoms with Crippen LogP contribution in [0, 0.1) is 5.92 Å². The van der Waals surface area contributed by atoms with E-state index in [-0.39, 0.29) is 0 Å². The second-order valence-corrected chi connectivity index (χ2v) is 6.44. The molecule has 0 aliphatic heterocycles. The molecule has 1 unspecified atom stereocenters. The van der Waals surface area contributed by atoms with Crippen molar-refractivity contribution < 1.29 is 4.74 Å². The predicted octanol–water partition coefficient (Wildman–Crippen LogP) is 4.56. The van der Waals surface area contributed by atoms with Crippen molar-refractivity contribution >= 4 is 11.3 Å². The number of nitrogens with one attached hydrogen (secondary N) is 1. The number of methoxy groups -OCH3 is 1. The van der Waals surface area contributed by atoms with Crippen LogP contribution in [0.5, 0.6) is 5.75 Å². The summed E-state index contributed by atoms with van der Waals surface area (Å²) in [4.78, 5) is 1.45. The molecule has 0 bridgehead atoms. The van der Waals surface area contributed by atoms with E-state index in [0.717, 1.165) is 11.7 Å². The van der Waals surface area contributed by atoms with Crippen LogP contribution in [0.4, 0.5) is 0 Å². The molecule has 2 aromatic rings. The van der Waals surface area contributed by atoms with Gasteiger partial charge in [0.15, 0.2) is 0 Å². The van der Waals surface area contributed by atoms with Crippen LogP contribution >= 0.6 is 11.3 Å². The largest absolute Gasteiger partial charge is 0.496 e. The van der Waals surface area contributed by atoms with Gasteiger partial charge in [-0.3, -0.25) is 0 Å². The number of thiophene rings is 1. The molecule has 2 nitrogen and oxygen atoms in total. The zero-order valence-electron chi connectivity index (χ0n) is 12.0. The molecule has 3 rings (SSSR count). The molecule has 1 aromatic heterocycles. The van der Waals surface area contributed by atoms with Gasteiger partial charge >= 0.3 is 0 Å². The second-order valence-electron chi connectivity index (χ2n) is 5.46. The monoisotopic (exact) mass is 287 g/mol. The third-order valence-corrected chi connectivity index (χ3v) is 4.93. The van der Waals surface area contributed by atoms with Gasteiger partial charge in [-0.05, 0) is 43.2 Å². The van der Waals surface area contributed by atoms with Crippen LogP contribution in [0.1, 0.15) is 42.3 Å². The Morgan fingerprint density at radius 3 is 2.65 bits per heavy atom. The fourth-order valence-electron chi connectivity index (χ4n) is 2.73. The predicted molar refractivity (Wildman–Crippen MR) is 84.3 cm³/mol. The number of para-hydroxylation sites is 1. The smallest absolute Gasteiger partial charge is 0.123 e. The summed E-state index contributed by atoms with van der Waals surface area (Å²) >= 11 is 1.85. The van der Waals surface area contributed by atoms with Crippen LogP contribution in [0.2, 0.25) is 0 Å². The first-order valence-corrected chi connectivity index (χ1v) is 8.10. The van der Waals surface area contributed by atoms with E-state index in [2.05, 4.69) is 41.9 Å². The summed E-state index contributed by atoms with van der Waals surface area (Å²) < 4.78 is 5.48. The maximum Gasteiger partial charge on any atom is 0.123 e. The van der Waals surface area contributed by atoms with Crippen LogP contribution in [0.25, 0.3) is 0 Å². The maximum atomic E-state index is 5.48. The molecule has 1 aliphatic carbocycles. The molecule has 1 heterocycles. The molecule has 2 atom stereocenters. The molecular formula is C17H21NOS. The molecule has 1 aromatic carbocycles. The zero-order valence-corrected chi connectivity index (χ0v) is 12.8. The first kappa shape index (κ1) is 13.7. The molecule has 20 heavy (non-hydrogen) atoms. The van der Waals surface area contributed by atoms with Crippen molar-refractivity contribution in [3.63, 3.8) is 0 Å². The summed E-state index contributed by atoms with van der Waals surface area (Å²) in [5.41, 5.74) is 1.23. The van der Waals surface area contributed by atoms with E-state index in [1.54, 1.807) is 7.11 Å². The van der Waals surface area contributed by atoms with Gasteiger partial charge in [0.05, 0.1) is 7.11 Å². The van der Waals surface area contributed by atoms with Crippen molar-refractivity contribution in [2.24, 2.45) is 5.92 Å². The van der Waals surface area contributed by atoms with Gasteiger partial charge in [0.2, 0.25) is 0 Å². The lowest BCUT2D eigenvalue weighted by molar-refractivity contribution is 0.387. The normalized spacial score (nSPS) is 17.7. The highest BCUT2D eigenvalue weighted by atomic mass is 32.1. The van der Waals surface area contributed by atoms with E-state index < -0.39 is 0 Å². The topological polar surface area (TPSA) is 21.3 Å². The van der Waals surface area contributed by atoms with Crippen molar-refractivity contribution in [2.45, 2.75) is 31.8 Å². The minimum Gasteiger partial charge on any atom is -0.496 e. The first-order chi connectivity index (χ1) is 9.79. The number of hydrogen-bond acceptors (Lipinski definition) is 3. The molecule has 1 N–H and O–H groups in total. The molecule has 0 spiro atoms. The summed E-state index contributed by atoms with van der Waals surface area (Å²) in [5, 5.41) is 5.97. The number of ether oxygens (including phenoxy) is 1. The average molecular weight is 287 g/mol. The van der Waals surface area contributed by atoms with Crippen LogP contribution < -0.4 is 10.1 Å². The van der Waals surface area contributed by atoms with Crippen LogP contribution in [-0.2, 0) is 0 Å². The third kappa shape index (κ3) is 2.89. The Kier molecular flexibility index (Phi) is 4.08. The van der Waals surface area contributed by atoms with Gasteiger partial charge < -0.3 is 10.1 Å². The minimum atomic E-state index is 0.291. The summed E-state index contributed by atoms with van der Waals surface area (Å²) in [6.07, 6.45) is 2.68. The molecule has 0 amide bonds. The van der Waals surface area contributed by atoms with Crippen molar-refractivity contribution in [3.05, 3.63) is 52.2 Å². The highest BCUT2D eigenvalue weighted by Crippen LogP contribution is 2.43. The van der Waals surface area contributed by atoms with Crippen molar-refractivity contribution in [3.8, 4) is 5.75 Å². The lowest BCUT2D eigenvalue weighted by Crippen LogP contribution is -2.25. The maximum absolute atomic E-state index is 5.48. The number of hydrogen-bond donors (Lipinski definition) is 1. The lowest BCUT2D eigenvalue weighted by Gasteiger charge is -2.24.